The van der Waals surface area contributed by atoms with Crippen molar-refractivity contribution in [2.45, 2.75) is 20.8 Å². The molecule has 0 bridgehead atoms. The van der Waals surface area contributed by atoms with E-state index in [4.69, 9.17) is 0 Å². The van der Waals surface area contributed by atoms with E-state index in [2.05, 4.69) is 44.0 Å². The van der Waals surface area contributed by atoms with Crippen molar-refractivity contribution in [3.05, 3.63) is 24.4 Å². The fraction of sp³-hybridized carbons (Fsp3) is 0.500. The van der Waals surface area contributed by atoms with E-state index in [0.29, 0.717) is 5.92 Å². The molecule has 1 aliphatic rings. The Morgan fingerprint density at radius 2 is 2.00 bits per heavy atom. The van der Waals surface area contributed by atoms with Crippen molar-refractivity contribution in [3.63, 3.8) is 0 Å². The van der Waals surface area contributed by atoms with Crippen molar-refractivity contribution in [2.75, 3.05) is 0 Å². The van der Waals surface area contributed by atoms with Gasteiger partial charge in [-0.3, -0.25) is 4.99 Å². The molecule has 0 aliphatic carbocycles. The monoisotopic (exact) mass is 149 g/mol. The molecule has 1 heteroatoms. The van der Waals surface area contributed by atoms with Gasteiger partial charge in [0.25, 0.3) is 0 Å². The Hall–Kier alpha value is -0.850. The van der Waals surface area contributed by atoms with Crippen molar-refractivity contribution in [3.8, 4) is 0 Å². The van der Waals surface area contributed by atoms with E-state index in [1.807, 2.05) is 12.4 Å². The average Bonchev–Trinajstić information content (AvgIpc) is 1.92. The molecule has 0 radical (unpaired) electrons. The fourth-order valence-corrected chi connectivity index (χ4v) is 0.926. The number of aliphatic imine (C=N–C) groups is 1. The average molecular weight is 149 g/mol. The Morgan fingerprint density at radius 3 is 2.73 bits per heavy atom. The molecule has 0 aromatic rings. The molecule has 0 saturated heterocycles. The van der Waals surface area contributed by atoms with Gasteiger partial charge in [0.15, 0.2) is 0 Å². The molecule has 0 saturated carbocycles. The second-order valence-electron chi connectivity index (χ2n) is 3.65. The van der Waals surface area contributed by atoms with Crippen LogP contribution in [-0.4, -0.2) is 6.21 Å². The molecule has 0 N–H and O–H groups in total. The lowest BCUT2D eigenvalue weighted by molar-refractivity contribution is 0.618. The summed E-state index contributed by atoms with van der Waals surface area (Å²) in [6.07, 6.45) is 10.3. The van der Waals surface area contributed by atoms with Gasteiger partial charge in [0.05, 0.1) is 0 Å². The first-order chi connectivity index (χ1) is 5.10. The number of allylic oxidation sites excluding steroid dienone is 3. The van der Waals surface area contributed by atoms with Crippen LogP contribution in [0.15, 0.2) is 29.4 Å². The van der Waals surface area contributed by atoms with E-state index in [1.165, 1.54) is 0 Å². The van der Waals surface area contributed by atoms with Crippen molar-refractivity contribution in [2.24, 2.45) is 16.3 Å². The van der Waals surface area contributed by atoms with E-state index in [-0.39, 0.29) is 5.41 Å². The second-order valence-corrected chi connectivity index (χ2v) is 3.65. The molecule has 11 heavy (non-hydrogen) atoms. The van der Waals surface area contributed by atoms with E-state index >= 15 is 0 Å². The van der Waals surface area contributed by atoms with Crippen LogP contribution in [0, 0.1) is 11.3 Å². The molecular formula is C10H15N. The summed E-state index contributed by atoms with van der Waals surface area (Å²) in [7, 11) is 0. The van der Waals surface area contributed by atoms with Crippen LogP contribution in [0.1, 0.15) is 20.8 Å². The lowest BCUT2D eigenvalue weighted by Gasteiger charge is -2.15. The van der Waals surface area contributed by atoms with Gasteiger partial charge >= 0.3 is 0 Å². The predicted molar refractivity (Wildman–Crippen MR) is 49.7 cm³/mol. The van der Waals surface area contributed by atoms with Crippen LogP contribution in [-0.2, 0) is 0 Å². The van der Waals surface area contributed by atoms with Gasteiger partial charge in [0.1, 0.15) is 0 Å². The standard InChI is InChI=1S/C10H15N/c1-9-4-5-10(2,3)6-7-11-8-9/h4-9H,1-3H3/b5-4-,7-6-,11-8-. The van der Waals surface area contributed by atoms with Crippen LogP contribution in [0.4, 0.5) is 0 Å². The van der Waals surface area contributed by atoms with E-state index < -0.39 is 0 Å². The Balaban J connectivity index is 2.85. The summed E-state index contributed by atoms with van der Waals surface area (Å²) in [6.45, 7) is 6.48. The molecule has 1 aliphatic heterocycles. The summed E-state index contributed by atoms with van der Waals surface area (Å²) in [5.74, 6) is 0.458. The Labute approximate surface area is 68.5 Å². The van der Waals surface area contributed by atoms with Gasteiger partial charge in [-0.15, -0.1) is 0 Å². The summed E-state index contributed by atoms with van der Waals surface area (Å²) in [4.78, 5) is 4.15. The molecule has 0 spiro atoms. The van der Waals surface area contributed by atoms with Gasteiger partial charge in [-0.1, -0.05) is 39.0 Å². The minimum absolute atomic E-state index is 0.159. The molecule has 1 rings (SSSR count). The molecular weight excluding hydrogens is 134 g/mol. The Bertz CT molecular complexity index is 209. The number of nitrogens with zero attached hydrogens (tertiary/aromatic N) is 1. The van der Waals surface area contributed by atoms with E-state index in [9.17, 15) is 0 Å². The van der Waals surface area contributed by atoms with Crippen LogP contribution in [0.2, 0.25) is 0 Å². The maximum atomic E-state index is 4.15. The highest BCUT2D eigenvalue weighted by molar-refractivity contribution is 5.63. The minimum Gasteiger partial charge on any atom is -0.269 e. The molecule has 1 unspecified atom stereocenters. The maximum Gasteiger partial charge on any atom is 0.0232 e. The molecule has 1 nitrogen and oxygen atoms in total. The SMILES string of the molecule is CC1/C=C\C(C)(C)/C=C\N=C/1. The molecule has 60 valence electrons. The zero-order valence-electron chi connectivity index (χ0n) is 7.41. The highest BCUT2D eigenvalue weighted by Crippen LogP contribution is 2.20. The maximum absolute atomic E-state index is 4.15. The smallest absolute Gasteiger partial charge is 0.0232 e. The third-order valence-electron chi connectivity index (χ3n) is 1.74. The zero-order chi connectivity index (χ0) is 8.32. The van der Waals surface area contributed by atoms with Gasteiger partial charge in [-0.05, 0) is 0 Å². The minimum atomic E-state index is 0.159. The van der Waals surface area contributed by atoms with Crippen LogP contribution < -0.4 is 0 Å². The Morgan fingerprint density at radius 1 is 1.27 bits per heavy atom. The highest BCUT2D eigenvalue weighted by Gasteiger charge is 2.09. The van der Waals surface area contributed by atoms with E-state index in [1.54, 1.807) is 0 Å². The van der Waals surface area contributed by atoms with Crippen LogP contribution in [0.25, 0.3) is 0 Å². The molecule has 0 aromatic carbocycles. The van der Waals surface area contributed by atoms with Crippen molar-refractivity contribution < 1.29 is 0 Å². The lowest BCUT2D eigenvalue weighted by Crippen LogP contribution is -2.05. The first kappa shape index (κ1) is 8.25. The summed E-state index contributed by atoms with van der Waals surface area (Å²) in [5.41, 5.74) is 0.159. The van der Waals surface area contributed by atoms with Crippen molar-refractivity contribution >= 4 is 6.21 Å². The summed E-state index contributed by atoms with van der Waals surface area (Å²) in [6, 6.07) is 0. The third kappa shape index (κ3) is 2.71. The van der Waals surface area contributed by atoms with Crippen LogP contribution in [0.5, 0.6) is 0 Å². The van der Waals surface area contributed by atoms with Crippen molar-refractivity contribution in [1.29, 1.82) is 0 Å². The van der Waals surface area contributed by atoms with Crippen LogP contribution in [0.3, 0.4) is 0 Å². The zero-order valence-corrected chi connectivity index (χ0v) is 7.41. The molecule has 1 atom stereocenters. The first-order valence-corrected chi connectivity index (χ1v) is 4.00. The normalized spacial score (nSPS) is 36.8. The van der Waals surface area contributed by atoms with Crippen molar-refractivity contribution in [1.82, 2.24) is 0 Å². The summed E-state index contributed by atoms with van der Waals surface area (Å²) in [5, 5.41) is 0. The predicted octanol–water partition coefficient (Wildman–Crippen LogP) is 2.80. The van der Waals surface area contributed by atoms with Gasteiger partial charge in [-0.2, -0.15) is 0 Å². The van der Waals surface area contributed by atoms with Gasteiger partial charge in [0, 0.05) is 23.7 Å². The van der Waals surface area contributed by atoms with Gasteiger partial charge in [-0.25, -0.2) is 0 Å². The number of hydrogen-bond acceptors (Lipinski definition) is 1. The topological polar surface area (TPSA) is 12.4 Å². The fourth-order valence-electron chi connectivity index (χ4n) is 0.926. The van der Waals surface area contributed by atoms with Crippen LogP contribution >= 0.6 is 0 Å². The number of hydrogen-bond donors (Lipinski definition) is 0. The number of rotatable bonds is 0. The second kappa shape index (κ2) is 3.04. The lowest BCUT2D eigenvalue weighted by atomic mass is 9.91. The quantitative estimate of drug-likeness (QED) is 0.470. The third-order valence-corrected chi connectivity index (χ3v) is 1.74. The summed E-state index contributed by atoms with van der Waals surface area (Å²) >= 11 is 0. The highest BCUT2D eigenvalue weighted by atomic mass is 14.7. The van der Waals surface area contributed by atoms with E-state index in [0.717, 1.165) is 0 Å². The largest absolute Gasteiger partial charge is 0.269 e. The first-order valence-electron chi connectivity index (χ1n) is 4.00. The molecule has 1 heterocycles. The summed E-state index contributed by atoms with van der Waals surface area (Å²) < 4.78 is 0. The van der Waals surface area contributed by atoms with Gasteiger partial charge in [0.2, 0.25) is 0 Å². The Kier molecular flexibility index (Phi) is 2.28. The van der Waals surface area contributed by atoms with Gasteiger partial charge < -0.3 is 0 Å². The molecule has 0 aromatic heterocycles. The molecule has 0 amide bonds. The molecule has 0 fully saturated rings.